The standard InChI is InChI=1S/C41H35N5.C31H30N4.C28H25N4.C27H23N4O.4Pt/c1-28-22-31(4)40(32(5)23-28)45-21-20-42-41(45)34-15-11-19-37(25-34)46(35-16-7-6-8-17-35)36-18-10-14-33(24-36)38-26-44(27-43-38)39-29(2)12-9-13-30(39)3;1-20-21(2)23(4)31(24(5)22(20)3)35-18-28(32-19-35)27-14-10-11-25(15-27)16-30-33-29(17-34(30)6)26-12-8-7-9-13-26;1-21-7-4-8-22(2)28(21)32-18-27(29-19-32)25-11-5-9-23(16-25)15-24-10-6-12-26(17-24)31-14-13-30(3)20-31;1-20-7-4-8-21(2)27(20)31-17-26(28-18-31)22-9-5-11-24(15-22)32-25-12-6-10-23(16-25)30-14-13-29(3)19-30;;;;/h6-23,26-27H,1-5H3;7-12,14,17-19H,16H2,1-6H3;4-14,18-20H,15H2,1-3H3;4-14,17-19H,1-3H3;;;;/q2*-2;2*-3;;;2*+2. The van der Waals surface area contributed by atoms with Crippen LogP contribution in [0.5, 0.6) is 11.5 Å². The Labute approximate surface area is 934 Å². The first kappa shape index (κ1) is 109. The number of anilines is 5. The summed E-state index contributed by atoms with van der Waals surface area (Å²) in [5.74, 6) is 3.09. The molecule has 0 N–H and O–H groups in total. The summed E-state index contributed by atoms with van der Waals surface area (Å²) >= 11 is 0. The minimum atomic E-state index is 0. The van der Waals surface area contributed by atoms with Crippen molar-refractivity contribution in [1.29, 1.82) is 0 Å². The van der Waals surface area contributed by atoms with Crippen LogP contribution in [0.25, 0.3) is 96.1 Å². The van der Waals surface area contributed by atoms with Crippen LogP contribution in [-0.2, 0) is 104 Å². The van der Waals surface area contributed by atoms with E-state index in [9.17, 15) is 0 Å². The number of nitrogens with zero attached hydrogens (tertiary/aromatic N) is 17. The van der Waals surface area contributed by atoms with Gasteiger partial charge in [0.2, 0.25) is 0 Å². The smallest absolute Gasteiger partial charge is 0.510 e. The van der Waals surface area contributed by atoms with Crippen LogP contribution < -0.4 is 19.4 Å². The number of imidazole rings is 6. The quantitative estimate of drug-likeness (QED) is 0.0598. The third-order valence-corrected chi connectivity index (χ3v) is 26.6. The third kappa shape index (κ3) is 24.7. The van der Waals surface area contributed by atoms with Gasteiger partial charge in [-0.05, 0) is 269 Å². The molecule has 8 heterocycles. The monoisotopic (exact) mass is 2670 g/mol. The number of aromatic nitrogens is 12. The maximum absolute atomic E-state index is 6.07. The molecule has 14 aromatic carbocycles. The molecule has 0 atom stereocenters. The van der Waals surface area contributed by atoms with E-state index in [0.717, 1.165) is 142 Å². The fraction of sp³-hybridized carbons (Fsp3) is 0.150. The Balaban J connectivity index is 0.000000149. The van der Waals surface area contributed by atoms with Gasteiger partial charge in [0.15, 0.2) is 0 Å². The fourth-order valence-corrected chi connectivity index (χ4v) is 19.1. The molecule has 0 saturated heterocycles. The summed E-state index contributed by atoms with van der Waals surface area (Å²) in [6.07, 6.45) is 31.3. The SMILES string of the molecule is Cc1c(C)c(C)c(-n2cnc(-c3[c-]c(Cc4nc(-c5[c-]cccc5)cn4C)ccc3)c2)c(C)c1C.Cc1cc(C)c(-n2ccnc2-c2[c-]c(N(c3[c-]c(-c4cn(-c5c(C)cccc5C)cn4)ccc3)c3ccccc3)ccc2)c(C)c1.Cc1cccc(C)c1-n1cnc(-c2[c-]c(Cc3[c-]c(N4C=CN(C)[CH-]4)ccc3)ccc2)c1.Cc1cccc(C)c1-n1cnc(-c2[c-]c(Oc3[c-]c(N4C=CN(C)[CH-]4)ccc3)ccc2)c1.[Pt+2].[Pt+2].[Pt].[Pt]. The molecule has 0 fully saturated rings. The van der Waals surface area contributed by atoms with E-state index < -0.39 is 0 Å². The van der Waals surface area contributed by atoms with Gasteiger partial charge in [0, 0.05) is 119 Å². The van der Waals surface area contributed by atoms with Crippen LogP contribution >= 0.6 is 0 Å². The Kier molecular flexibility index (Phi) is 35.4. The molecule has 20 aromatic rings. The van der Waals surface area contributed by atoms with Gasteiger partial charge in [-0.25, -0.2) is 0 Å². The van der Waals surface area contributed by atoms with E-state index >= 15 is 0 Å². The number of hydrogen-bond acceptors (Lipinski definition) is 12. The average molecular weight is 2670 g/mol. The number of ether oxygens (including phenoxy) is 1. The van der Waals surface area contributed by atoms with Gasteiger partial charge in [0.25, 0.3) is 0 Å². The molecule has 0 spiro atoms. The maximum atomic E-state index is 6.07. The molecule has 0 bridgehead atoms. The zero-order valence-corrected chi connectivity index (χ0v) is 95.3. The molecule has 2 aliphatic heterocycles. The minimum absolute atomic E-state index is 0. The van der Waals surface area contributed by atoms with Crippen LogP contribution in [0.3, 0.4) is 0 Å². The first-order valence-electron chi connectivity index (χ1n) is 48.6. The Morgan fingerprint density at radius 2 is 0.725 bits per heavy atom. The predicted molar refractivity (Wildman–Crippen MR) is 585 cm³/mol. The van der Waals surface area contributed by atoms with E-state index in [2.05, 4.69) is 399 Å². The molecular formula is C127H113N17OPt4-6. The molecule has 6 aromatic heterocycles. The predicted octanol–water partition coefficient (Wildman–Crippen LogP) is 28.2. The first-order valence-corrected chi connectivity index (χ1v) is 48.6. The van der Waals surface area contributed by atoms with Gasteiger partial charge in [0.05, 0.1) is 53.9 Å². The molecule has 22 heteroatoms. The molecule has 0 amide bonds. The number of aryl methyl sites for hydroxylation is 10. The summed E-state index contributed by atoms with van der Waals surface area (Å²) in [6, 6.07) is 113. The maximum Gasteiger partial charge on any atom is 2.00 e. The summed E-state index contributed by atoms with van der Waals surface area (Å²) in [6.45, 7) is 34.2. The van der Waals surface area contributed by atoms with Crippen LogP contribution in [-0.4, -0.2) is 81.2 Å². The van der Waals surface area contributed by atoms with Gasteiger partial charge in [-0.15, -0.1) is 220 Å². The van der Waals surface area contributed by atoms with Crippen molar-refractivity contribution in [1.82, 2.24) is 67.1 Å². The Bertz CT molecular complexity index is 7850. The molecule has 0 radical (unpaired) electrons. The Morgan fingerprint density at radius 3 is 1.21 bits per heavy atom. The molecule has 0 saturated carbocycles. The molecule has 149 heavy (non-hydrogen) atoms. The van der Waals surface area contributed by atoms with Crippen molar-refractivity contribution in [3.05, 3.63) is 504 Å². The van der Waals surface area contributed by atoms with E-state index in [0.29, 0.717) is 17.9 Å². The van der Waals surface area contributed by atoms with Crippen molar-refractivity contribution in [2.24, 2.45) is 7.05 Å². The summed E-state index contributed by atoms with van der Waals surface area (Å²) in [5, 5.41) is 0. The number of para-hydroxylation sites is 4. The summed E-state index contributed by atoms with van der Waals surface area (Å²) in [4.78, 5) is 38.7. The van der Waals surface area contributed by atoms with Crippen molar-refractivity contribution >= 4 is 28.4 Å². The molecular weight excluding hydrogens is 2560 g/mol. The zero-order chi connectivity index (χ0) is 101. The van der Waals surface area contributed by atoms with Gasteiger partial charge in [0.1, 0.15) is 5.82 Å². The van der Waals surface area contributed by atoms with Gasteiger partial charge < -0.3 is 56.6 Å². The normalized spacial score (nSPS) is 11.7. The fourth-order valence-electron chi connectivity index (χ4n) is 19.1. The number of benzene rings is 14. The van der Waals surface area contributed by atoms with Crippen molar-refractivity contribution < 1.29 is 89.0 Å². The van der Waals surface area contributed by atoms with E-state index in [-0.39, 0.29) is 84.3 Å². The van der Waals surface area contributed by atoms with Crippen LogP contribution in [0, 0.1) is 159 Å². The van der Waals surface area contributed by atoms with Crippen molar-refractivity contribution in [3.63, 3.8) is 0 Å². The summed E-state index contributed by atoms with van der Waals surface area (Å²) in [7, 11) is 6.04. The van der Waals surface area contributed by atoms with Crippen molar-refractivity contribution in [2.75, 3.05) is 28.8 Å². The second-order valence-corrected chi connectivity index (χ2v) is 37.2. The first-order chi connectivity index (χ1) is 70.3. The second-order valence-electron chi connectivity index (χ2n) is 37.2. The van der Waals surface area contributed by atoms with Crippen molar-refractivity contribution in [3.8, 4) is 108 Å². The largest absolute Gasteiger partial charge is 2.00 e. The Morgan fingerprint density at radius 1 is 0.329 bits per heavy atom. The third-order valence-electron chi connectivity index (χ3n) is 26.6. The molecule has 0 unspecified atom stereocenters. The van der Waals surface area contributed by atoms with Crippen LogP contribution in [0.4, 0.5) is 28.4 Å². The van der Waals surface area contributed by atoms with Crippen LogP contribution in [0.2, 0.25) is 0 Å². The molecule has 18 nitrogen and oxygen atoms in total. The van der Waals surface area contributed by atoms with Gasteiger partial charge in [-0.3, -0.25) is 29.9 Å². The number of hydrogen-bond donors (Lipinski definition) is 0. The van der Waals surface area contributed by atoms with Crippen LogP contribution in [0.1, 0.15) is 100 Å². The summed E-state index contributed by atoms with van der Waals surface area (Å²) in [5.41, 5.74) is 41.8. The van der Waals surface area contributed by atoms with E-state index in [1.54, 1.807) is 0 Å². The molecule has 0 aliphatic carbocycles. The molecule has 2 aliphatic rings. The van der Waals surface area contributed by atoms with E-state index in [1.807, 2.05) is 185 Å². The van der Waals surface area contributed by atoms with Gasteiger partial charge in [-0.1, -0.05) is 96.6 Å². The van der Waals surface area contributed by atoms with E-state index in [1.165, 1.54) is 89.3 Å². The second kappa shape index (κ2) is 48.6. The topological polar surface area (TPSA) is 132 Å². The molecule has 22 rings (SSSR count). The minimum Gasteiger partial charge on any atom is -0.510 e. The van der Waals surface area contributed by atoms with Crippen LogP contribution in [0.15, 0.2) is 342 Å². The Hall–Kier alpha value is -14.6. The average Bonchev–Trinajstić information content (AvgIpc) is 1.68. The van der Waals surface area contributed by atoms with Gasteiger partial charge in [-0.2, -0.15) is 49.2 Å². The summed E-state index contributed by atoms with van der Waals surface area (Å²) < 4.78 is 18.8. The van der Waals surface area contributed by atoms with E-state index in [4.69, 9.17) is 24.7 Å². The number of rotatable bonds is 22. The zero-order valence-electron chi connectivity index (χ0n) is 86.2. The van der Waals surface area contributed by atoms with Crippen molar-refractivity contribution in [2.45, 2.75) is 110 Å². The van der Waals surface area contributed by atoms with Gasteiger partial charge >= 0.3 is 42.1 Å². The molecule has 758 valence electrons.